The van der Waals surface area contributed by atoms with Crippen LogP contribution in [0.3, 0.4) is 0 Å². The Hall–Kier alpha value is -3.05. The molecule has 39 heavy (non-hydrogen) atoms. The summed E-state index contributed by atoms with van der Waals surface area (Å²) in [5.41, 5.74) is 1.50. The van der Waals surface area contributed by atoms with Crippen molar-refractivity contribution in [2.45, 2.75) is 84.8 Å². The molecule has 1 atom stereocenters. The molecule has 2 aliphatic rings. The zero-order valence-corrected chi connectivity index (χ0v) is 24.1. The minimum Gasteiger partial charge on any atom is -0.462 e. The predicted octanol–water partition coefficient (Wildman–Crippen LogP) is 5.26. The number of carbonyl (C=O) groups excluding carboxylic acids is 3. The summed E-state index contributed by atoms with van der Waals surface area (Å²) in [6.45, 7) is 5.60. The molecule has 1 saturated carbocycles. The molecule has 0 saturated heterocycles. The summed E-state index contributed by atoms with van der Waals surface area (Å²) in [6.07, 6.45) is 8.80. The normalized spacial score (nSPS) is 17.6. The van der Waals surface area contributed by atoms with Crippen LogP contribution in [0.2, 0.25) is 0 Å². The van der Waals surface area contributed by atoms with Crippen molar-refractivity contribution < 1.29 is 23.9 Å². The van der Waals surface area contributed by atoms with E-state index in [9.17, 15) is 19.2 Å². The number of ether oxygens (including phenoxy) is 2. The molecule has 0 radical (unpaired) electrons. The van der Waals surface area contributed by atoms with E-state index in [0.29, 0.717) is 37.1 Å². The van der Waals surface area contributed by atoms with E-state index in [-0.39, 0.29) is 19.3 Å². The van der Waals surface area contributed by atoms with Gasteiger partial charge in [-0.25, -0.2) is 14.6 Å². The molecular weight excluding hydrogens is 538 g/mol. The van der Waals surface area contributed by atoms with E-state index in [2.05, 4.69) is 17.2 Å². The number of aryl methyl sites for hydroxylation is 1. The molecule has 2 aliphatic carbocycles. The Labute approximate surface area is 234 Å². The molecule has 0 aliphatic heterocycles. The third kappa shape index (κ3) is 5.65. The van der Waals surface area contributed by atoms with E-state index >= 15 is 0 Å². The summed E-state index contributed by atoms with van der Waals surface area (Å²) in [6, 6.07) is 0. The van der Waals surface area contributed by atoms with Gasteiger partial charge in [0.2, 0.25) is 5.91 Å². The number of fused-ring (bicyclic) bond motifs is 2. The lowest BCUT2D eigenvalue weighted by Crippen LogP contribution is -2.28. The van der Waals surface area contributed by atoms with Crippen molar-refractivity contribution in [2.24, 2.45) is 5.92 Å². The van der Waals surface area contributed by atoms with Crippen molar-refractivity contribution in [3.05, 3.63) is 43.1 Å². The Balaban J connectivity index is 1.36. The first-order valence-electron chi connectivity index (χ1n) is 13.6. The highest BCUT2D eigenvalue weighted by atomic mass is 32.1. The van der Waals surface area contributed by atoms with Gasteiger partial charge in [-0.15, -0.1) is 22.7 Å². The fraction of sp³-hybridized carbons (Fsp3) is 0.536. The van der Waals surface area contributed by atoms with Crippen LogP contribution in [0.1, 0.15) is 88.4 Å². The smallest absolute Gasteiger partial charge is 0.348 e. The number of anilines is 1. The number of nitrogens with zero attached hydrogens (tertiary/aromatic N) is 2. The Morgan fingerprint density at radius 3 is 2.64 bits per heavy atom. The van der Waals surface area contributed by atoms with Gasteiger partial charge in [0.05, 0.1) is 23.9 Å². The molecule has 3 aromatic rings. The minimum atomic E-state index is -0.444. The molecule has 1 unspecified atom stereocenters. The lowest BCUT2D eigenvalue weighted by atomic mass is 9.88. The molecular formula is C28H33N3O6S2. The van der Waals surface area contributed by atoms with Crippen LogP contribution in [0.4, 0.5) is 5.00 Å². The average molecular weight is 572 g/mol. The fourth-order valence-electron chi connectivity index (χ4n) is 5.43. The third-order valence-corrected chi connectivity index (χ3v) is 9.84. The number of rotatable bonds is 7. The molecule has 1 N–H and O–H groups in total. The lowest BCUT2D eigenvalue weighted by Gasteiger charge is -2.21. The van der Waals surface area contributed by atoms with Gasteiger partial charge in [-0.2, -0.15) is 0 Å². The highest BCUT2D eigenvalue weighted by Crippen LogP contribution is 2.40. The van der Waals surface area contributed by atoms with E-state index in [4.69, 9.17) is 9.47 Å². The average Bonchev–Trinajstić information content (AvgIpc) is 3.43. The molecule has 5 rings (SSSR count). The van der Waals surface area contributed by atoms with Crippen LogP contribution >= 0.6 is 22.7 Å². The van der Waals surface area contributed by atoms with Gasteiger partial charge in [0.1, 0.15) is 27.4 Å². The molecule has 1 amide bonds. The van der Waals surface area contributed by atoms with Crippen LogP contribution in [0.25, 0.3) is 10.2 Å². The molecule has 3 aromatic heterocycles. The Bertz CT molecular complexity index is 1480. The highest BCUT2D eigenvalue weighted by molar-refractivity contribution is 7.20. The van der Waals surface area contributed by atoms with Crippen LogP contribution in [0.15, 0.2) is 11.1 Å². The molecule has 9 nitrogen and oxygen atoms in total. The predicted molar refractivity (Wildman–Crippen MR) is 151 cm³/mol. The summed E-state index contributed by atoms with van der Waals surface area (Å²) < 4.78 is 12.2. The van der Waals surface area contributed by atoms with Gasteiger partial charge in [-0.3, -0.25) is 14.2 Å². The SMILES string of the molecule is CCOC(=O)c1c(NC(=O)Cn2cnc3sc(C(=O)OC4CCCCC4)c(C)c3c2=O)sc2c1CCC(C)C2. The zero-order valence-electron chi connectivity index (χ0n) is 22.5. The van der Waals surface area contributed by atoms with Gasteiger partial charge in [-0.1, -0.05) is 13.3 Å². The molecule has 0 aromatic carbocycles. The van der Waals surface area contributed by atoms with Gasteiger partial charge in [0.15, 0.2) is 0 Å². The molecule has 0 bridgehead atoms. The fourth-order valence-corrected chi connectivity index (χ4v) is 7.87. The number of amides is 1. The van der Waals surface area contributed by atoms with E-state index < -0.39 is 23.4 Å². The summed E-state index contributed by atoms with van der Waals surface area (Å²) in [5, 5.41) is 3.62. The van der Waals surface area contributed by atoms with Crippen LogP contribution in [0, 0.1) is 12.8 Å². The Morgan fingerprint density at radius 1 is 1.13 bits per heavy atom. The van der Waals surface area contributed by atoms with E-state index in [1.165, 1.54) is 22.2 Å². The number of hydrogen-bond acceptors (Lipinski definition) is 9. The van der Waals surface area contributed by atoms with E-state index in [1.54, 1.807) is 13.8 Å². The first-order valence-corrected chi connectivity index (χ1v) is 15.2. The van der Waals surface area contributed by atoms with Gasteiger partial charge in [0, 0.05) is 4.88 Å². The number of esters is 2. The van der Waals surface area contributed by atoms with Crippen molar-refractivity contribution in [1.29, 1.82) is 0 Å². The summed E-state index contributed by atoms with van der Waals surface area (Å²) in [4.78, 5) is 58.3. The van der Waals surface area contributed by atoms with Gasteiger partial charge in [0.25, 0.3) is 5.56 Å². The Kier molecular flexibility index (Phi) is 8.18. The number of carbonyl (C=O) groups is 3. The van der Waals surface area contributed by atoms with Crippen LogP contribution in [0.5, 0.6) is 0 Å². The minimum absolute atomic E-state index is 0.0881. The van der Waals surface area contributed by atoms with Gasteiger partial charge >= 0.3 is 11.9 Å². The quantitative estimate of drug-likeness (QED) is 0.385. The third-order valence-electron chi connectivity index (χ3n) is 7.49. The van der Waals surface area contributed by atoms with Crippen molar-refractivity contribution in [3.8, 4) is 0 Å². The van der Waals surface area contributed by atoms with Crippen LogP contribution in [-0.2, 0) is 33.7 Å². The standard InChI is InChI=1S/C28H33N3O6S2/c1-4-36-27(34)22-18-11-10-15(2)12-19(18)38-25(22)30-20(32)13-31-14-29-24-21(26(31)33)16(3)23(39-24)28(35)37-17-8-6-5-7-9-17/h14-15,17H,4-13H2,1-3H3,(H,30,32). The van der Waals surface area contributed by atoms with Crippen LogP contribution < -0.4 is 10.9 Å². The first kappa shape index (κ1) is 27.5. The molecule has 208 valence electrons. The maximum atomic E-state index is 13.3. The first-order chi connectivity index (χ1) is 18.8. The summed E-state index contributed by atoms with van der Waals surface area (Å²) >= 11 is 2.54. The van der Waals surface area contributed by atoms with Crippen LogP contribution in [-0.4, -0.2) is 40.1 Å². The number of aromatic nitrogens is 2. The van der Waals surface area contributed by atoms with Crippen molar-refractivity contribution >= 4 is 55.7 Å². The monoisotopic (exact) mass is 571 g/mol. The molecule has 3 heterocycles. The van der Waals surface area contributed by atoms with Gasteiger partial charge < -0.3 is 14.8 Å². The highest BCUT2D eigenvalue weighted by Gasteiger charge is 2.30. The second kappa shape index (κ2) is 11.6. The second-order valence-corrected chi connectivity index (χ2v) is 12.5. The van der Waals surface area contributed by atoms with E-state index in [0.717, 1.165) is 73.1 Å². The topological polar surface area (TPSA) is 117 Å². The maximum absolute atomic E-state index is 13.3. The zero-order chi connectivity index (χ0) is 27.7. The van der Waals surface area contributed by atoms with Gasteiger partial charge in [-0.05, 0) is 75.8 Å². The van der Waals surface area contributed by atoms with Crippen molar-refractivity contribution in [2.75, 3.05) is 11.9 Å². The van der Waals surface area contributed by atoms with E-state index in [1.807, 2.05) is 0 Å². The summed E-state index contributed by atoms with van der Waals surface area (Å²) in [7, 11) is 0. The van der Waals surface area contributed by atoms with Crippen molar-refractivity contribution in [1.82, 2.24) is 9.55 Å². The largest absolute Gasteiger partial charge is 0.462 e. The molecule has 0 spiro atoms. The summed E-state index contributed by atoms with van der Waals surface area (Å²) in [5.74, 6) is -0.805. The lowest BCUT2D eigenvalue weighted by molar-refractivity contribution is -0.116. The molecule has 1 fully saturated rings. The molecule has 11 heteroatoms. The number of hydrogen-bond donors (Lipinski definition) is 1. The van der Waals surface area contributed by atoms with Crippen molar-refractivity contribution in [3.63, 3.8) is 0 Å². The Morgan fingerprint density at radius 2 is 1.90 bits per heavy atom. The number of thiophene rings is 2. The second-order valence-electron chi connectivity index (χ2n) is 10.4. The number of nitrogens with one attached hydrogen (secondary N) is 1. The maximum Gasteiger partial charge on any atom is 0.348 e.